The van der Waals surface area contributed by atoms with Gasteiger partial charge in [0.25, 0.3) is 0 Å². The van der Waals surface area contributed by atoms with E-state index in [2.05, 4.69) is 32.2 Å². The van der Waals surface area contributed by atoms with Gasteiger partial charge in [-0.15, -0.1) is 0 Å². The van der Waals surface area contributed by atoms with Crippen molar-refractivity contribution in [2.45, 2.75) is 78.9 Å². The van der Waals surface area contributed by atoms with E-state index in [0.717, 1.165) is 25.4 Å². The van der Waals surface area contributed by atoms with Crippen molar-refractivity contribution in [2.75, 3.05) is 19.6 Å². The van der Waals surface area contributed by atoms with E-state index >= 15 is 0 Å². The first-order valence-electron chi connectivity index (χ1n) is 9.43. The Morgan fingerprint density at radius 2 is 2.08 bits per heavy atom. The first kappa shape index (κ1) is 19.3. The van der Waals surface area contributed by atoms with Gasteiger partial charge in [-0.2, -0.15) is 0 Å². The van der Waals surface area contributed by atoms with Crippen LogP contribution in [-0.4, -0.2) is 42.3 Å². The fraction of sp³-hybridized carbons (Fsp3) is 0.850. The number of ether oxygens (including phenoxy) is 1. The Morgan fingerprint density at radius 1 is 1.38 bits per heavy atom. The third-order valence-electron chi connectivity index (χ3n) is 4.96. The Labute approximate surface area is 148 Å². The van der Waals surface area contributed by atoms with Crippen LogP contribution in [0.25, 0.3) is 0 Å². The van der Waals surface area contributed by atoms with Gasteiger partial charge in [0, 0.05) is 25.7 Å². The van der Waals surface area contributed by atoms with Gasteiger partial charge >= 0.3 is 6.09 Å². The first-order valence-corrected chi connectivity index (χ1v) is 9.43. The van der Waals surface area contributed by atoms with Crippen molar-refractivity contribution in [3.8, 4) is 0 Å². The molecule has 2 aliphatic rings. The third kappa shape index (κ3) is 6.12. The zero-order valence-corrected chi connectivity index (χ0v) is 16.4. The summed E-state index contributed by atoms with van der Waals surface area (Å²) in [5.74, 6) is 0.800. The molecule has 0 saturated heterocycles. The fourth-order valence-electron chi connectivity index (χ4n) is 4.14. The molecule has 0 bridgehead atoms. The molecule has 1 amide bonds. The lowest BCUT2D eigenvalue weighted by Crippen LogP contribution is -2.42. The summed E-state index contributed by atoms with van der Waals surface area (Å²) in [5, 5.41) is 3.76. The number of carbonyl (C=O) groups excluding carboxylic acids is 1. The average molecular weight is 337 g/mol. The molecule has 0 aromatic carbocycles. The van der Waals surface area contributed by atoms with Gasteiger partial charge in [0.2, 0.25) is 0 Å². The van der Waals surface area contributed by atoms with E-state index in [4.69, 9.17) is 4.74 Å². The third-order valence-corrected chi connectivity index (χ3v) is 4.96. The number of carbonyl (C=O) groups is 1. The summed E-state index contributed by atoms with van der Waals surface area (Å²) in [6.45, 7) is 15.2. The van der Waals surface area contributed by atoms with Crippen molar-refractivity contribution in [2.24, 2.45) is 11.3 Å². The number of rotatable bonds is 3. The van der Waals surface area contributed by atoms with Crippen LogP contribution in [0.2, 0.25) is 0 Å². The van der Waals surface area contributed by atoms with Crippen LogP contribution in [-0.2, 0) is 4.74 Å². The van der Waals surface area contributed by atoms with E-state index in [1.165, 1.54) is 24.8 Å². The smallest absolute Gasteiger partial charge is 0.410 e. The van der Waals surface area contributed by atoms with E-state index in [1.54, 1.807) is 4.90 Å². The minimum absolute atomic E-state index is 0.200. The molecule has 4 heteroatoms. The second kappa shape index (κ2) is 7.47. The molecule has 1 heterocycles. The monoisotopic (exact) mass is 336 g/mol. The fourth-order valence-corrected chi connectivity index (χ4v) is 4.14. The molecule has 24 heavy (non-hydrogen) atoms. The zero-order chi connectivity index (χ0) is 18.0. The molecule has 0 radical (unpaired) electrons. The van der Waals surface area contributed by atoms with Crippen molar-refractivity contribution in [3.05, 3.63) is 11.6 Å². The van der Waals surface area contributed by atoms with Crippen molar-refractivity contribution in [3.63, 3.8) is 0 Å². The highest BCUT2D eigenvalue weighted by atomic mass is 16.6. The van der Waals surface area contributed by atoms with Crippen LogP contribution in [0, 0.1) is 11.3 Å². The van der Waals surface area contributed by atoms with E-state index in [0.29, 0.717) is 18.0 Å². The zero-order valence-electron chi connectivity index (χ0n) is 16.4. The van der Waals surface area contributed by atoms with Crippen LogP contribution in [0.4, 0.5) is 4.79 Å². The lowest BCUT2D eigenvalue weighted by atomic mass is 9.70. The molecule has 0 aromatic rings. The standard InChI is InChI=1S/C20H36N2O2/c1-15-11-17(13-20(5,6)12-15)21-14-16-7-9-22(10-8-16)18(23)24-19(2,3)4/h7,15,17,21H,8-14H2,1-6H3. The van der Waals surface area contributed by atoms with E-state index < -0.39 is 5.60 Å². The van der Waals surface area contributed by atoms with Gasteiger partial charge in [-0.25, -0.2) is 4.79 Å². The van der Waals surface area contributed by atoms with Gasteiger partial charge in [0.05, 0.1) is 0 Å². The second-order valence-corrected chi connectivity index (χ2v) is 9.53. The molecule has 4 nitrogen and oxygen atoms in total. The SMILES string of the molecule is CC1CC(NCC2=CCN(C(=O)OC(C)(C)C)CC2)CC(C)(C)C1. The molecule has 1 saturated carbocycles. The largest absolute Gasteiger partial charge is 0.444 e. The lowest BCUT2D eigenvalue weighted by molar-refractivity contribution is 0.0265. The Balaban J connectivity index is 1.78. The summed E-state index contributed by atoms with van der Waals surface area (Å²) in [6.07, 6.45) is 6.80. The van der Waals surface area contributed by atoms with E-state index in [-0.39, 0.29) is 6.09 Å². The Morgan fingerprint density at radius 3 is 2.62 bits per heavy atom. The quantitative estimate of drug-likeness (QED) is 0.779. The summed E-state index contributed by atoms with van der Waals surface area (Å²) >= 11 is 0. The maximum absolute atomic E-state index is 12.1. The minimum Gasteiger partial charge on any atom is -0.444 e. The molecule has 2 unspecified atom stereocenters. The van der Waals surface area contributed by atoms with Gasteiger partial charge in [-0.3, -0.25) is 0 Å². The van der Waals surface area contributed by atoms with Crippen LogP contribution in [0.5, 0.6) is 0 Å². The summed E-state index contributed by atoms with van der Waals surface area (Å²) in [5.41, 5.74) is 1.45. The molecule has 2 rings (SSSR count). The lowest BCUT2D eigenvalue weighted by Gasteiger charge is -2.39. The highest BCUT2D eigenvalue weighted by molar-refractivity contribution is 5.68. The van der Waals surface area contributed by atoms with Crippen molar-refractivity contribution < 1.29 is 9.53 Å². The number of hydrogen-bond donors (Lipinski definition) is 1. The molecular formula is C20H36N2O2. The predicted molar refractivity (Wildman–Crippen MR) is 99.1 cm³/mol. The Kier molecular flexibility index (Phi) is 6.00. The summed E-state index contributed by atoms with van der Waals surface area (Å²) < 4.78 is 5.44. The molecule has 1 aliphatic heterocycles. The van der Waals surface area contributed by atoms with Crippen molar-refractivity contribution >= 4 is 6.09 Å². The maximum Gasteiger partial charge on any atom is 0.410 e. The number of amides is 1. The molecule has 0 spiro atoms. The minimum atomic E-state index is -0.424. The van der Waals surface area contributed by atoms with Gasteiger partial charge in [-0.05, 0) is 57.8 Å². The van der Waals surface area contributed by atoms with E-state index in [9.17, 15) is 4.79 Å². The Hall–Kier alpha value is -1.03. The summed E-state index contributed by atoms with van der Waals surface area (Å²) in [6, 6.07) is 0.619. The number of nitrogens with one attached hydrogen (secondary N) is 1. The second-order valence-electron chi connectivity index (χ2n) is 9.53. The topological polar surface area (TPSA) is 41.6 Å². The van der Waals surface area contributed by atoms with Crippen LogP contribution < -0.4 is 5.32 Å². The molecule has 0 aromatic heterocycles. The van der Waals surface area contributed by atoms with Crippen LogP contribution in [0.3, 0.4) is 0 Å². The van der Waals surface area contributed by atoms with Gasteiger partial charge < -0.3 is 15.0 Å². The maximum atomic E-state index is 12.1. The van der Waals surface area contributed by atoms with Crippen LogP contribution >= 0.6 is 0 Å². The predicted octanol–water partition coefficient (Wildman–Crippen LogP) is 4.36. The molecular weight excluding hydrogens is 300 g/mol. The number of hydrogen-bond acceptors (Lipinski definition) is 3. The summed E-state index contributed by atoms with van der Waals surface area (Å²) in [7, 11) is 0. The molecule has 1 aliphatic carbocycles. The first-order chi connectivity index (χ1) is 11.0. The molecule has 2 atom stereocenters. The highest BCUT2D eigenvalue weighted by Crippen LogP contribution is 2.38. The number of nitrogens with zero attached hydrogens (tertiary/aromatic N) is 1. The highest BCUT2D eigenvalue weighted by Gasteiger charge is 2.32. The molecule has 1 N–H and O–H groups in total. The Bertz CT molecular complexity index is 477. The summed E-state index contributed by atoms with van der Waals surface area (Å²) in [4.78, 5) is 13.9. The average Bonchev–Trinajstić information content (AvgIpc) is 2.41. The van der Waals surface area contributed by atoms with Gasteiger partial charge in [0.15, 0.2) is 0 Å². The van der Waals surface area contributed by atoms with Crippen LogP contribution in [0.1, 0.15) is 67.2 Å². The van der Waals surface area contributed by atoms with Gasteiger partial charge in [0.1, 0.15) is 5.60 Å². The normalized spacial score (nSPS) is 27.6. The van der Waals surface area contributed by atoms with Crippen molar-refractivity contribution in [1.82, 2.24) is 10.2 Å². The molecule has 1 fully saturated rings. The van der Waals surface area contributed by atoms with E-state index in [1.807, 2.05) is 20.8 Å². The molecule has 138 valence electrons. The van der Waals surface area contributed by atoms with Crippen LogP contribution in [0.15, 0.2) is 11.6 Å². The van der Waals surface area contributed by atoms with Crippen molar-refractivity contribution in [1.29, 1.82) is 0 Å². The van der Waals surface area contributed by atoms with Gasteiger partial charge in [-0.1, -0.05) is 32.4 Å².